The fourth-order valence-electron chi connectivity index (χ4n) is 3.90. The highest BCUT2D eigenvalue weighted by molar-refractivity contribution is 5.85. The van der Waals surface area contributed by atoms with E-state index in [9.17, 15) is 13.2 Å². The van der Waals surface area contributed by atoms with E-state index in [1.54, 1.807) is 12.1 Å². The Morgan fingerprint density at radius 2 is 1.76 bits per heavy atom. The number of hydrogen-bond acceptors (Lipinski definition) is 1. The maximum Gasteiger partial charge on any atom is 0.160 e. The molecule has 0 fully saturated rings. The molecule has 3 N–H and O–H groups in total. The van der Waals surface area contributed by atoms with Crippen molar-refractivity contribution in [1.29, 1.82) is 0 Å². The summed E-state index contributed by atoms with van der Waals surface area (Å²) in [6.07, 6.45) is 3.91. The summed E-state index contributed by atoms with van der Waals surface area (Å²) in [7, 11) is 0. The van der Waals surface area contributed by atoms with Crippen molar-refractivity contribution in [2.75, 3.05) is 0 Å². The zero-order valence-electron chi connectivity index (χ0n) is 13.7. The first-order valence-electron chi connectivity index (χ1n) is 8.50. The lowest BCUT2D eigenvalue weighted by molar-refractivity contribution is 0.339. The molecule has 0 bridgehead atoms. The molecule has 0 spiro atoms. The monoisotopic (exact) mass is 344 g/mol. The van der Waals surface area contributed by atoms with Gasteiger partial charge in [-0.15, -0.1) is 0 Å². The van der Waals surface area contributed by atoms with Crippen LogP contribution in [0, 0.1) is 17.5 Å². The summed E-state index contributed by atoms with van der Waals surface area (Å²) in [6, 6.07) is 8.87. The Bertz CT molecular complexity index is 930. The van der Waals surface area contributed by atoms with Crippen LogP contribution in [0.15, 0.2) is 36.4 Å². The van der Waals surface area contributed by atoms with E-state index in [0.717, 1.165) is 36.1 Å². The van der Waals surface area contributed by atoms with Gasteiger partial charge in [-0.25, -0.2) is 13.2 Å². The largest absolute Gasteiger partial charge is 0.357 e. The summed E-state index contributed by atoms with van der Waals surface area (Å²) in [4.78, 5) is 3.23. The van der Waals surface area contributed by atoms with Gasteiger partial charge in [0.25, 0.3) is 0 Å². The first kappa shape index (κ1) is 16.2. The van der Waals surface area contributed by atoms with Crippen LogP contribution in [0.2, 0.25) is 0 Å². The average molecular weight is 344 g/mol. The third kappa shape index (κ3) is 2.82. The topological polar surface area (TPSA) is 41.8 Å². The molecule has 0 saturated heterocycles. The third-order valence-corrected chi connectivity index (χ3v) is 5.27. The van der Waals surface area contributed by atoms with E-state index in [2.05, 4.69) is 4.98 Å². The number of nitrogens with one attached hydrogen (secondary N) is 1. The Kier molecular flexibility index (Phi) is 3.84. The minimum Gasteiger partial charge on any atom is -0.357 e. The summed E-state index contributed by atoms with van der Waals surface area (Å²) >= 11 is 0. The second-order valence-corrected chi connectivity index (χ2v) is 6.93. The smallest absolute Gasteiger partial charge is 0.160 e. The number of halogens is 3. The zero-order valence-corrected chi connectivity index (χ0v) is 13.7. The lowest BCUT2D eigenvalue weighted by Crippen LogP contribution is -2.40. The van der Waals surface area contributed by atoms with Gasteiger partial charge in [0, 0.05) is 22.7 Å². The molecule has 25 heavy (non-hydrogen) atoms. The van der Waals surface area contributed by atoms with E-state index in [1.807, 2.05) is 0 Å². The fraction of sp³-hybridized carbons (Fsp3) is 0.300. The first-order chi connectivity index (χ1) is 12.0. The summed E-state index contributed by atoms with van der Waals surface area (Å²) in [5.41, 5.74) is 9.59. The Labute approximate surface area is 143 Å². The van der Waals surface area contributed by atoms with Crippen LogP contribution in [-0.2, 0) is 18.4 Å². The molecule has 1 atom stereocenters. The molecular weight excluding hydrogens is 325 g/mol. The van der Waals surface area contributed by atoms with E-state index >= 15 is 0 Å². The molecule has 1 heterocycles. The summed E-state index contributed by atoms with van der Waals surface area (Å²) < 4.78 is 40.2. The van der Waals surface area contributed by atoms with Crippen molar-refractivity contribution in [2.24, 2.45) is 5.73 Å². The van der Waals surface area contributed by atoms with Gasteiger partial charge in [-0.05, 0) is 61.4 Å². The Hall–Kier alpha value is -2.27. The molecule has 0 radical (unpaired) electrons. The van der Waals surface area contributed by atoms with Gasteiger partial charge in [-0.2, -0.15) is 0 Å². The summed E-state index contributed by atoms with van der Waals surface area (Å²) in [6.45, 7) is 0. The Morgan fingerprint density at radius 3 is 2.52 bits per heavy atom. The second kappa shape index (κ2) is 5.92. The van der Waals surface area contributed by atoms with E-state index < -0.39 is 17.2 Å². The normalized spacial score (nSPS) is 20.0. The van der Waals surface area contributed by atoms with E-state index in [0.29, 0.717) is 23.7 Å². The van der Waals surface area contributed by atoms with Crippen LogP contribution < -0.4 is 5.73 Å². The SMILES string of the molecule is NC1(CCc2ccc(F)cc2)CCCc2c1[nH]c1cc(F)c(F)cc21. The van der Waals surface area contributed by atoms with Crippen molar-refractivity contribution in [3.63, 3.8) is 0 Å². The molecule has 2 aromatic carbocycles. The molecule has 1 aliphatic rings. The molecular formula is C20H19F3N2. The van der Waals surface area contributed by atoms with Crippen LogP contribution in [0.3, 0.4) is 0 Å². The predicted octanol–water partition coefficient (Wildman–Crippen LogP) is 4.71. The van der Waals surface area contributed by atoms with Crippen LogP contribution in [0.5, 0.6) is 0 Å². The maximum atomic E-state index is 13.6. The zero-order chi connectivity index (χ0) is 17.6. The molecule has 1 unspecified atom stereocenters. The Morgan fingerprint density at radius 1 is 1.04 bits per heavy atom. The van der Waals surface area contributed by atoms with Gasteiger partial charge in [0.15, 0.2) is 11.6 Å². The molecule has 0 saturated carbocycles. The molecule has 5 heteroatoms. The highest BCUT2D eigenvalue weighted by Crippen LogP contribution is 2.40. The summed E-state index contributed by atoms with van der Waals surface area (Å²) in [5.74, 6) is -1.96. The number of aromatic amines is 1. The molecule has 0 aliphatic heterocycles. The number of fused-ring (bicyclic) bond motifs is 3. The number of hydrogen-bond donors (Lipinski definition) is 2. The molecule has 1 aliphatic carbocycles. The van der Waals surface area contributed by atoms with Crippen molar-refractivity contribution in [2.45, 2.75) is 37.6 Å². The number of aryl methyl sites for hydroxylation is 2. The minimum atomic E-state index is -0.861. The minimum absolute atomic E-state index is 0.258. The van der Waals surface area contributed by atoms with Gasteiger partial charge in [-0.1, -0.05) is 12.1 Å². The molecule has 2 nitrogen and oxygen atoms in total. The second-order valence-electron chi connectivity index (χ2n) is 6.93. The van der Waals surface area contributed by atoms with Gasteiger partial charge >= 0.3 is 0 Å². The number of benzene rings is 2. The highest BCUT2D eigenvalue weighted by atomic mass is 19.2. The van der Waals surface area contributed by atoms with E-state index in [-0.39, 0.29) is 5.82 Å². The van der Waals surface area contributed by atoms with E-state index in [1.165, 1.54) is 24.3 Å². The number of aromatic nitrogens is 1. The third-order valence-electron chi connectivity index (χ3n) is 5.27. The van der Waals surface area contributed by atoms with Crippen LogP contribution in [0.4, 0.5) is 13.2 Å². The lowest BCUT2D eigenvalue weighted by atomic mass is 9.77. The van der Waals surface area contributed by atoms with Gasteiger partial charge in [0.2, 0.25) is 0 Å². The van der Waals surface area contributed by atoms with Crippen molar-refractivity contribution >= 4 is 10.9 Å². The van der Waals surface area contributed by atoms with E-state index in [4.69, 9.17) is 5.73 Å². The average Bonchev–Trinajstić information content (AvgIpc) is 2.94. The van der Waals surface area contributed by atoms with Crippen molar-refractivity contribution in [3.05, 3.63) is 70.7 Å². The van der Waals surface area contributed by atoms with Crippen LogP contribution >= 0.6 is 0 Å². The van der Waals surface area contributed by atoms with Crippen LogP contribution in [-0.4, -0.2) is 4.98 Å². The van der Waals surface area contributed by atoms with Crippen LogP contribution in [0.1, 0.15) is 36.1 Å². The Balaban J connectivity index is 1.69. The number of nitrogens with two attached hydrogens (primary N) is 1. The van der Waals surface area contributed by atoms with Gasteiger partial charge in [-0.3, -0.25) is 0 Å². The molecule has 1 aromatic heterocycles. The first-order valence-corrected chi connectivity index (χ1v) is 8.50. The van der Waals surface area contributed by atoms with Crippen molar-refractivity contribution < 1.29 is 13.2 Å². The highest BCUT2D eigenvalue weighted by Gasteiger charge is 2.35. The van der Waals surface area contributed by atoms with Crippen LogP contribution in [0.25, 0.3) is 10.9 Å². The van der Waals surface area contributed by atoms with Crippen molar-refractivity contribution in [1.82, 2.24) is 4.98 Å². The number of H-pyrrole nitrogens is 1. The number of rotatable bonds is 3. The molecule has 130 valence electrons. The van der Waals surface area contributed by atoms with Crippen molar-refractivity contribution in [3.8, 4) is 0 Å². The standard InChI is InChI=1S/C20H19F3N2/c21-13-5-3-12(4-6-13)7-9-20(24)8-1-2-14-15-10-16(22)17(23)11-18(15)25-19(14)20/h3-6,10-11,25H,1-2,7-9,24H2. The van der Waals surface area contributed by atoms with Gasteiger partial charge < -0.3 is 10.7 Å². The lowest BCUT2D eigenvalue weighted by Gasteiger charge is -2.34. The predicted molar refractivity (Wildman–Crippen MR) is 91.7 cm³/mol. The van der Waals surface area contributed by atoms with Gasteiger partial charge in [0.05, 0.1) is 5.54 Å². The molecule has 4 rings (SSSR count). The quantitative estimate of drug-likeness (QED) is 0.710. The maximum absolute atomic E-state index is 13.6. The fourth-order valence-corrected chi connectivity index (χ4v) is 3.90. The molecule has 0 amide bonds. The molecule has 3 aromatic rings. The van der Waals surface area contributed by atoms with Gasteiger partial charge in [0.1, 0.15) is 5.82 Å². The summed E-state index contributed by atoms with van der Waals surface area (Å²) in [5, 5.41) is 0.713.